The van der Waals surface area contributed by atoms with E-state index in [2.05, 4.69) is 25.1 Å². The van der Waals surface area contributed by atoms with Gasteiger partial charge in [-0.25, -0.2) is 9.37 Å². The molecular weight excluding hydrogens is 378 g/mol. The van der Waals surface area contributed by atoms with E-state index in [1.165, 1.54) is 16.9 Å². The van der Waals surface area contributed by atoms with Crippen LogP contribution in [0.25, 0.3) is 5.78 Å². The Bertz CT molecular complexity index is 994. The second kappa shape index (κ2) is 6.92. The molecule has 0 aliphatic heterocycles. The van der Waals surface area contributed by atoms with Gasteiger partial charge in [-0.2, -0.15) is 14.6 Å². The van der Waals surface area contributed by atoms with Gasteiger partial charge in [0.15, 0.2) is 11.6 Å². The van der Waals surface area contributed by atoms with Gasteiger partial charge in [0.2, 0.25) is 0 Å². The molecule has 0 saturated heterocycles. The van der Waals surface area contributed by atoms with E-state index in [4.69, 9.17) is 0 Å². The number of hydrogen-bond donors (Lipinski definition) is 1. The van der Waals surface area contributed by atoms with Crippen molar-refractivity contribution in [1.29, 1.82) is 0 Å². The Morgan fingerprint density at radius 3 is 2.46 bits per heavy atom. The lowest BCUT2D eigenvalue weighted by atomic mass is 9.82. The van der Waals surface area contributed by atoms with E-state index >= 15 is 0 Å². The van der Waals surface area contributed by atoms with E-state index in [1.54, 1.807) is 13.0 Å². The van der Waals surface area contributed by atoms with Gasteiger partial charge in [-0.3, -0.25) is 0 Å². The van der Waals surface area contributed by atoms with Crippen LogP contribution in [0.15, 0.2) is 30.6 Å². The highest BCUT2D eigenvalue weighted by atomic mass is 19.4. The molecule has 0 aliphatic carbocycles. The number of aryl methyl sites for hydroxylation is 1. The van der Waals surface area contributed by atoms with Crippen molar-refractivity contribution in [1.82, 2.24) is 19.6 Å². The number of aromatic nitrogens is 4. The normalized spacial score (nSPS) is 13.6. The van der Waals surface area contributed by atoms with Crippen LogP contribution in [0, 0.1) is 18.2 Å². The molecule has 2 aromatic heterocycles. The lowest BCUT2D eigenvalue weighted by Crippen LogP contribution is -2.27. The largest absolute Gasteiger partial charge is 0.573 e. The second-order valence-electron chi connectivity index (χ2n) is 7.44. The van der Waals surface area contributed by atoms with Crippen molar-refractivity contribution in [2.24, 2.45) is 5.41 Å². The van der Waals surface area contributed by atoms with Crippen LogP contribution in [0.5, 0.6) is 5.75 Å². The molecule has 6 nitrogen and oxygen atoms in total. The fourth-order valence-corrected chi connectivity index (χ4v) is 2.89. The molecule has 0 saturated carbocycles. The molecule has 3 rings (SSSR count). The zero-order valence-electron chi connectivity index (χ0n) is 15.7. The predicted octanol–water partition coefficient (Wildman–Crippen LogP) is 4.67. The third-order valence-corrected chi connectivity index (χ3v) is 4.05. The van der Waals surface area contributed by atoms with Gasteiger partial charge >= 0.3 is 6.36 Å². The molecular formula is C18H19F4N5O. The van der Waals surface area contributed by atoms with Gasteiger partial charge in [0.1, 0.15) is 12.1 Å². The van der Waals surface area contributed by atoms with E-state index in [1.807, 2.05) is 20.8 Å². The molecule has 28 heavy (non-hydrogen) atoms. The fraction of sp³-hybridized carbons (Fsp3) is 0.389. The Morgan fingerprint density at radius 1 is 1.14 bits per heavy atom. The third-order valence-electron chi connectivity index (χ3n) is 4.05. The summed E-state index contributed by atoms with van der Waals surface area (Å²) in [6, 6.07) is 4.73. The second-order valence-corrected chi connectivity index (χ2v) is 7.44. The number of nitrogens with one attached hydrogen (secondary N) is 1. The fourth-order valence-electron chi connectivity index (χ4n) is 2.89. The number of rotatable bonds is 4. The maximum atomic E-state index is 14.2. The predicted molar refractivity (Wildman–Crippen MR) is 94.4 cm³/mol. The van der Waals surface area contributed by atoms with Gasteiger partial charge in [0.25, 0.3) is 5.78 Å². The quantitative estimate of drug-likeness (QED) is 0.648. The average molecular weight is 397 g/mol. The number of anilines is 1. The van der Waals surface area contributed by atoms with Gasteiger partial charge in [0.05, 0.1) is 6.04 Å². The minimum absolute atomic E-state index is 0.398. The van der Waals surface area contributed by atoms with Crippen molar-refractivity contribution in [2.75, 3.05) is 5.32 Å². The van der Waals surface area contributed by atoms with E-state index in [-0.39, 0.29) is 0 Å². The zero-order chi connectivity index (χ0) is 20.7. The van der Waals surface area contributed by atoms with Crippen molar-refractivity contribution < 1.29 is 22.3 Å². The molecule has 0 aliphatic rings. The third kappa shape index (κ3) is 4.32. The lowest BCUT2D eigenvalue weighted by molar-refractivity contribution is -0.275. The van der Waals surface area contributed by atoms with Gasteiger partial charge < -0.3 is 10.1 Å². The molecule has 0 spiro atoms. The minimum atomic E-state index is -4.96. The van der Waals surface area contributed by atoms with Crippen molar-refractivity contribution in [3.05, 3.63) is 47.7 Å². The Hall–Kier alpha value is -2.91. The smallest absolute Gasteiger partial charge is 0.403 e. The number of halogens is 4. The zero-order valence-corrected chi connectivity index (χ0v) is 15.7. The first kappa shape index (κ1) is 19.8. The first-order valence-corrected chi connectivity index (χ1v) is 8.43. The van der Waals surface area contributed by atoms with E-state index in [0.717, 1.165) is 12.1 Å². The van der Waals surface area contributed by atoms with Crippen LogP contribution in [0.3, 0.4) is 0 Å². The van der Waals surface area contributed by atoms with E-state index in [0.29, 0.717) is 22.9 Å². The Morgan fingerprint density at radius 2 is 1.86 bits per heavy atom. The SMILES string of the molecule is Cc1cc(N[C@@H](c2ccc(OC(F)(F)F)c(F)c2)C(C)(C)C)n2ncnc2n1. The van der Waals surface area contributed by atoms with Crippen LogP contribution < -0.4 is 10.1 Å². The van der Waals surface area contributed by atoms with E-state index in [9.17, 15) is 17.6 Å². The monoisotopic (exact) mass is 397 g/mol. The summed E-state index contributed by atoms with van der Waals surface area (Å²) >= 11 is 0. The highest BCUT2D eigenvalue weighted by molar-refractivity contribution is 5.47. The molecule has 0 radical (unpaired) electrons. The summed E-state index contributed by atoms with van der Waals surface area (Å²) in [5.41, 5.74) is 0.751. The van der Waals surface area contributed by atoms with Crippen molar-refractivity contribution in [3.63, 3.8) is 0 Å². The minimum Gasteiger partial charge on any atom is -0.403 e. The maximum Gasteiger partial charge on any atom is 0.573 e. The summed E-state index contributed by atoms with van der Waals surface area (Å²) in [5, 5.41) is 7.41. The first-order chi connectivity index (χ1) is 12.9. The first-order valence-electron chi connectivity index (χ1n) is 8.43. The summed E-state index contributed by atoms with van der Waals surface area (Å²) in [6.45, 7) is 7.58. The lowest BCUT2D eigenvalue weighted by Gasteiger charge is -2.33. The Balaban J connectivity index is 1.99. The molecule has 0 unspecified atom stereocenters. The van der Waals surface area contributed by atoms with Gasteiger partial charge in [-0.1, -0.05) is 26.8 Å². The Labute approximate surface area is 158 Å². The summed E-state index contributed by atoms with van der Waals surface area (Å²) in [5.74, 6) is -0.990. The van der Waals surface area contributed by atoms with Gasteiger partial charge in [-0.15, -0.1) is 13.2 Å². The number of nitrogens with zero attached hydrogens (tertiary/aromatic N) is 4. The highest BCUT2D eigenvalue weighted by Gasteiger charge is 2.33. The molecule has 1 aromatic carbocycles. The standard InChI is InChI=1S/C18H19F4N5O/c1-10-7-14(27-16(25-10)23-9-24-27)26-15(17(2,3)4)11-5-6-13(12(19)8-11)28-18(20,21)22/h5-9,15,26H,1-4H3/t15-/m0/s1. The Kier molecular flexibility index (Phi) is 4.90. The molecule has 150 valence electrons. The number of alkyl halides is 3. The molecule has 1 atom stereocenters. The van der Waals surface area contributed by atoms with Crippen molar-refractivity contribution in [2.45, 2.75) is 40.1 Å². The average Bonchev–Trinajstić information content (AvgIpc) is 3.00. The van der Waals surface area contributed by atoms with Crippen molar-refractivity contribution in [3.8, 4) is 5.75 Å². The maximum absolute atomic E-state index is 14.2. The van der Waals surface area contributed by atoms with Crippen LogP contribution in [-0.2, 0) is 0 Å². The number of hydrogen-bond acceptors (Lipinski definition) is 5. The number of benzene rings is 1. The molecule has 1 N–H and O–H groups in total. The summed E-state index contributed by atoms with van der Waals surface area (Å²) in [4.78, 5) is 8.32. The molecule has 0 bridgehead atoms. The molecule has 3 aromatic rings. The summed E-state index contributed by atoms with van der Waals surface area (Å²) < 4.78 is 56.6. The highest BCUT2D eigenvalue weighted by Crippen LogP contribution is 2.38. The van der Waals surface area contributed by atoms with Crippen molar-refractivity contribution >= 4 is 11.6 Å². The van der Waals surface area contributed by atoms with Crippen LogP contribution in [-0.4, -0.2) is 25.9 Å². The van der Waals surface area contributed by atoms with Gasteiger partial charge in [-0.05, 0) is 30.0 Å². The van der Waals surface area contributed by atoms with Crippen LogP contribution in [0.4, 0.5) is 23.4 Å². The molecule has 10 heteroatoms. The molecule has 2 heterocycles. The number of fused-ring (bicyclic) bond motifs is 1. The van der Waals surface area contributed by atoms with Crippen LogP contribution >= 0.6 is 0 Å². The summed E-state index contributed by atoms with van der Waals surface area (Å²) in [7, 11) is 0. The van der Waals surface area contributed by atoms with Gasteiger partial charge in [0, 0.05) is 11.8 Å². The number of ether oxygens (including phenoxy) is 1. The van der Waals surface area contributed by atoms with Crippen LogP contribution in [0.2, 0.25) is 0 Å². The molecule has 0 amide bonds. The summed E-state index contributed by atoms with van der Waals surface area (Å²) in [6.07, 6.45) is -3.60. The topological polar surface area (TPSA) is 64.3 Å². The van der Waals surface area contributed by atoms with E-state index < -0.39 is 29.4 Å². The molecule has 0 fully saturated rings. The van der Waals surface area contributed by atoms with Crippen LogP contribution in [0.1, 0.15) is 38.1 Å².